The predicted octanol–water partition coefficient (Wildman–Crippen LogP) is 2.03. The van der Waals surface area contributed by atoms with Crippen molar-refractivity contribution in [1.82, 2.24) is 4.98 Å². The number of hydrogen-bond acceptors (Lipinski definition) is 3. The smallest absolute Gasteiger partial charge is 0.138 e. The second kappa shape index (κ2) is 5.46. The topological polar surface area (TPSA) is 59.1 Å². The molecule has 2 aromatic rings. The summed E-state index contributed by atoms with van der Waals surface area (Å²) in [6.07, 6.45) is 3.28. The van der Waals surface area contributed by atoms with E-state index in [1.54, 1.807) is 0 Å². The molecule has 0 aliphatic heterocycles. The number of nitrogens with two attached hydrogens (primary N) is 1. The highest BCUT2D eigenvalue weighted by Crippen LogP contribution is 2.16. The Labute approximate surface area is 101 Å². The molecule has 1 heterocycles. The van der Waals surface area contributed by atoms with Gasteiger partial charge in [-0.15, -0.1) is 0 Å². The second-order valence-corrected chi connectivity index (χ2v) is 3.99. The van der Waals surface area contributed by atoms with E-state index in [1.165, 1.54) is 11.8 Å². The first-order valence-corrected chi connectivity index (χ1v) is 5.70. The van der Waals surface area contributed by atoms with E-state index in [-0.39, 0.29) is 5.75 Å². The van der Waals surface area contributed by atoms with Crippen LogP contribution in [0.1, 0.15) is 16.8 Å². The lowest BCUT2D eigenvalue weighted by atomic mass is 10.1. The van der Waals surface area contributed by atoms with Gasteiger partial charge in [0.2, 0.25) is 0 Å². The van der Waals surface area contributed by atoms with Crippen molar-refractivity contribution >= 4 is 0 Å². The van der Waals surface area contributed by atoms with Crippen LogP contribution in [-0.2, 0) is 19.4 Å². The van der Waals surface area contributed by atoms with Crippen LogP contribution in [0.25, 0.3) is 0 Å². The summed E-state index contributed by atoms with van der Waals surface area (Å²) in [4.78, 5) is 4.20. The Morgan fingerprint density at radius 2 is 1.88 bits per heavy atom. The van der Waals surface area contributed by atoms with Gasteiger partial charge in [-0.05, 0) is 24.5 Å². The zero-order chi connectivity index (χ0) is 12.1. The molecular formula is C14H16N2O. The predicted molar refractivity (Wildman–Crippen MR) is 67.6 cm³/mol. The van der Waals surface area contributed by atoms with Gasteiger partial charge in [0.05, 0.1) is 6.20 Å². The number of aromatic hydroxyl groups is 1. The fourth-order valence-electron chi connectivity index (χ4n) is 1.76. The number of nitrogens with zero attached hydrogens (tertiary/aromatic N) is 1. The summed E-state index contributed by atoms with van der Waals surface area (Å²) in [6.45, 7) is 0.340. The highest BCUT2D eigenvalue weighted by molar-refractivity contribution is 5.31. The molecule has 0 saturated carbocycles. The Morgan fingerprint density at radius 1 is 1.12 bits per heavy atom. The van der Waals surface area contributed by atoms with Crippen LogP contribution in [0.5, 0.6) is 5.75 Å². The van der Waals surface area contributed by atoms with Crippen LogP contribution in [0.4, 0.5) is 0 Å². The monoisotopic (exact) mass is 228 g/mol. The van der Waals surface area contributed by atoms with Crippen molar-refractivity contribution in [3.05, 3.63) is 59.4 Å². The lowest BCUT2D eigenvalue weighted by Crippen LogP contribution is -2.01. The Hall–Kier alpha value is -1.87. The number of aryl methyl sites for hydroxylation is 2. The quantitative estimate of drug-likeness (QED) is 0.841. The molecule has 0 unspecified atom stereocenters. The first-order chi connectivity index (χ1) is 8.29. The third-order valence-electron chi connectivity index (χ3n) is 2.76. The lowest BCUT2D eigenvalue weighted by molar-refractivity contribution is 0.465. The van der Waals surface area contributed by atoms with Gasteiger partial charge in [-0.1, -0.05) is 30.3 Å². The molecule has 0 atom stereocenters. The number of rotatable bonds is 4. The van der Waals surface area contributed by atoms with E-state index >= 15 is 0 Å². The van der Waals surface area contributed by atoms with Crippen LogP contribution in [0.15, 0.2) is 42.6 Å². The fourth-order valence-corrected chi connectivity index (χ4v) is 1.76. The van der Waals surface area contributed by atoms with Gasteiger partial charge in [0.25, 0.3) is 0 Å². The first-order valence-electron chi connectivity index (χ1n) is 5.70. The Balaban J connectivity index is 2.04. The van der Waals surface area contributed by atoms with E-state index in [0.717, 1.165) is 24.1 Å². The third kappa shape index (κ3) is 3.04. The minimum Gasteiger partial charge on any atom is -0.506 e. The molecule has 88 valence electrons. The normalized spacial score (nSPS) is 10.4. The minimum atomic E-state index is 0.177. The average molecular weight is 228 g/mol. The summed E-state index contributed by atoms with van der Waals surface area (Å²) >= 11 is 0. The fraction of sp³-hybridized carbons (Fsp3) is 0.214. The first kappa shape index (κ1) is 11.6. The molecule has 0 amide bonds. The molecule has 3 N–H and O–H groups in total. The van der Waals surface area contributed by atoms with Crippen LogP contribution in [-0.4, -0.2) is 10.1 Å². The molecule has 0 saturated heterocycles. The van der Waals surface area contributed by atoms with Crippen LogP contribution < -0.4 is 5.73 Å². The summed E-state index contributed by atoms with van der Waals surface area (Å²) in [6, 6.07) is 12.2. The molecule has 0 aliphatic rings. The molecule has 3 nitrogen and oxygen atoms in total. The molecule has 0 radical (unpaired) electrons. The summed E-state index contributed by atoms with van der Waals surface area (Å²) in [5.74, 6) is 0.177. The second-order valence-electron chi connectivity index (χ2n) is 3.99. The largest absolute Gasteiger partial charge is 0.506 e. The molecule has 2 rings (SSSR count). The van der Waals surface area contributed by atoms with E-state index in [9.17, 15) is 5.11 Å². The lowest BCUT2D eigenvalue weighted by Gasteiger charge is -2.05. The Bertz CT molecular complexity index is 483. The number of aromatic nitrogens is 1. The van der Waals surface area contributed by atoms with Crippen LogP contribution >= 0.6 is 0 Å². The molecule has 17 heavy (non-hydrogen) atoms. The van der Waals surface area contributed by atoms with Gasteiger partial charge in [0.15, 0.2) is 0 Å². The van der Waals surface area contributed by atoms with Gasteiger partial charge >= 0.3 is 0 Å². The highest BCUT2D eigenvalue weighted by Gasteiger charge is 2.02. The van der Waals surface area contributed by atoms with Crippen LogP contribution in [0, 0.1) is 0 Å². The van der Waals surface area contributed by atoms with Crippen LogP contribution in [0.3, 0.4) is 0 Å². The average Bonchev–Trinajstić information content (AvgIpc) is 2.39. The van der Waals surface area contributed by atoms with Gasteiger partial charge in [-0.2, -0.15) is 0 Å². The molecule has 0 bridgehead atoms. The van der Waals surface area contributed by atoms with Crippen molar-refractivity contribution < 1.29 is 5.11 Å². The molecule has 3 heteroatoms. The highest BCUT2D eigenvalue weighted by atomic mass is 16.3. The third-order valence-corrected chi connectivity index (χ3v) is 2.76. The number of pyridine rings is 1. The summed E-state index contributed by atoms with van der Waals surface area (Å²) in [5, 5.41) is 9.48. The maximum absolute atomic E-state index is 9.48. The zero-order valence-electron chi connectivity index (χ0n) is 9.63. The van der Waals surface area contributed by atoms with E-state index < -0.39 is 0 Å². The molecule has 0 fully saturated rings. The molecule has 0 aliphatic carbocycles. The SMILES string of the molecule is NCc1cc(CCc2ccccc2)ncc1O. The van der Waals surface area contributed by atoms with Crippen LogP contribution in [0.2, 0.25) is 0 Å². The standard InChI is InChI=1S/C14H16N2O/c15-9-12-8-13(16-10-14(12)17)7-6-11-4-2-1-3-5-11/h1-5,8,10,17H,6-7,9,15H2. The molecule has 1 aromatic heterocycles. The van der Waals surface area contributed by atoms with Gasteiger partial charge in [0.1, 0.15) is 5.75 Å². The van der Waals surface area contributed by atoms with E-state index in [1.807, 2.05) is 24.3 Å². The van der Waals surface area contributed by atoms with Crippen molar-refractivity contribution in [2.24, 2.45) is 5.73 Å². The maximum Gasteiger partial charge on any atom is 0.138 e. The van der Waals surface area contributed by atoms with E-state index in [2.05, 4.69) is 17.1 Å². The van der Waals surface area contributed by atoms with E-state index in [0.29, 0.717) is 6.54 Å². The summed E-state index contributed by atoms with van der Waals surface area (Å²) < 4.78 is 0. The number of benzene rings is 1. The van der Waals surface area contributed by atoms with Gasteiger partial charge in [0, 0.05) is 17.8 Å². The number of hydrogen-bond donors (Lipinski definition) is 2. The van der Waals surface area contributed by atoms with Gasteiger partial charge in [-0.25, -0.2) is 0 Å². The molecule has 1 aromatic carbocycles. The van der Waals surface area contributed by atoms with Crippen molar-refractivity contribution in [3.8, 4) is 5.75 Å². The minimum absolute atomic E-state index is 0.177. The van der Waals surface area contributed by atoms with Crippen molar-refractivity contribution in [2.75, 3.05) is 0 Å². The maximum atomic E-state index is 9.48. The van der Waals surface area contributed by atoms with E-state index in [4.69, 9.17) is 5.73 Å². The molecular weight excluding hydrogens is 212 g/mol. The van der Waals surface area contributed by atoms with Crippen molar-refractivity contribution in [3.63, 3.8) is 0 Å². The van der Waals surface area contributed by atoms with Gasteiger partial charge in [-0.3, -0.25) is 4.98 Å². The van der Waals surface area contributed by atoms with Gasteiger partial charge < -0.3 is 10.8 Å². The summed E-state index contributed by atoms with van der Waals surface area (Å²) in [5.41, 5.74) is 8.55. The Kier molecular flexibility index (Phi) is 3.73. The van der Waals surface area contributed by atoms with Crippen molar-refractivity contribution in [2.45, 2.75) is 19.4 Å². The molecule has 0 spiro atoms. The Morgan fingerprint density at radius 3 is 2.59 bits per heavy atom. The zero-order valence-corrected chi connectivity index (χ0v) is 9.63. The van der Waals surface area contributed by atoms with Crippen molar-refractivity contribution in [1.29, 1.82) is 0 Å². The summed E-state index contributed by atoms with van der Waals surface area (Å²) in [7, 11) is 0.